The van der Waals surface area contributed by atoms with E-state index in [1.807, 2.05) is 0 Å². The molecule has 4 heterocycles. The van der Waals surface area contributed by atoms with Crippen molar-refractivity contribution in [2.75, 3.05) is 37.7 Å². The Kier molecular flexibility index (Phi) is 4.97. The monoisotopic (exact) mass is 389 g/mol. The molecule has 0 saturated carbocycles. The minimum Gasteiger partial charge on any atom is -0.378 e. The lowest BCUT2D eigenvalue weighted by molar-refractivity contribution is 0.122. The molecule has 27 heavy (non-hydrogen) atoms. The first-order chi connectivity index (χ1) is 13.1. The summed E-state index contributed by atoms with van der Waals surface area (Å²) in [5.41, 5.74) is 0.673. The zero-order valence-corrected chi connectivity index (χ0v) is 15.3. The zero-order valence-electron chi connectivity index (χ0n) is 14.5. The number of nitrogens with zero attached hydrogens (tertiary/aromatic N) is 6. The third kappa shape index (κ3) is 3.75. The summed E-state index contributed by atoms with van der Waals surface area (Å²) in [5.74, 6) is 0.825. The van der Waals surface area contributed by atoms with Crippen molar-refractivity contribution in [2.24, 2.45) is 0 Å². The van der Waals surface area contributed by atoms with E-state index >= 15 is 0 Å². The van der Waals surface area contributed by atoms with E-state index in [0.717, 1.165) is 24.3 Å². The van der Waals surface area contributed by atoms with Gasteiger partial charge in [0, 0.05) is 32.0 Å². The first-order valence-electron chi connectivity index (χ1n) is 8.54. The van der Waals surface area contributed by atoms with E-state index in [-0.39, 0.29) is 11.4 Å². The number of nitrogens with one attached hydrogen (secondary N) is 1. The lowest BCUT2D eigenvalue weighted by Gasteiger charge is -2.27. The fourth-order valence-electron chi connectivity index (χ4n) is 2.95. The molecule has 1 aliphatic heterocycles. The smallest absolute Gasteiger partial charge is 0.242 e. The predicted octanol–water partition coefficient (Wildman–Crippen LogP) is 0.0364. The lowest BCUT2D eigenvalue weighted by Crippen LogP contribution is -2.36. The molecule has 1 aliphatic rings. The van der Waals surface area contributed by atoms with Gasteiger partial charge in [0.1, 0.15) is 17.0 Å². The topological polar surface area (TPSA) is 115 Å². The number of pyridine rings is 1. The molecule has 1 saturated heterocycles. The van der Waals surface area contributed by atoms with Gasteiger partial charge >= 0.3 is 0 Å². The minimum absolute atomic E-state index is 0.132. The van der Waals surface area contributed by atoms with Crippen molar-refractivity contribution in [3.8, 4) is 0 Å². The molecule has 0 spiro atoms. The summed E-state index contributed by atoms with van der Waals surface area (Å²) in [4.78, 5) is 14.8. The molecule has 0 bridgehead atoms. The molecule has 3 aromatic heterocycles. The highest BCUT2D eigenvalue weighted by atomic mass is 32.2. The molecule has 10 nitrogen and oxygen atoms in total. The average molecular weight is 389 g/mol. The lowest BCUT2D eigenvalue weighted by atomic mass is 10.3. The van der Waals surface area contributed by atoms with Crippen LogP contribution in [0.2, 0.25) is 0 Å². The number of aromatic nitrogens is 5. The molecule has 0 aliphatic carbocycles. The van der Waals surface area contributed by atoms with Crippen molar-refractivity contribution in [3.05, 3.63) is 37.1 Å². The van der Waals surface area contributed by atoms with Crippen LogP contribution in [-0.4, -0.2) is 66.0 Å². The fraction of sp³-hybridized carbons (Fsp3) is 0.375. The molecular formula is C16H19N7O3S. The molecule has 0 aromatic carbocycles. The summed E-state index contributed by atoms with van der Waals surface area (Å²) in [6, 6.07) is 3.08. The number of anilines is 1. The Labute approximate surface area is 156 Å². The van der Waals surface area contributed by atoms with Gasteiger partial charge in [0.25, 0.3) is 0 Å². The van der Waals surface area contributed by atoms with Gasteiger partial charge in [-0.3, -0.25) is 4.98 Å². The first-order valence-corrected chi connectivity index (χ1v) is 10.0. The van der Waals surface area contributed by atoms with Crippen LogP contribution in [0.25, 0.3) is 11.0 Å². The Balaban J connectivity index is 1.48. The molecular weight excluding hydrogens is 370 g/mol. The van der Waals surface area contributed by atoms with Crippen LogP contribution in [0.4, 0.5) is 5.82 Å². The second kappa shape index (κ2) is 7.55. The van der Waals surface area contributed by atoms with Gasteiger partial charge in [0.15, 0.2) is 5.65 Å². The number of sulfonamides is 1. The van der Waals surface area contributed by atoms with Gasteiger partial charge in [-0.25, -0.2) is 27.8 Å². The third-order valence-corrected chi connectivity index (χ3v) is 5.73. The second-order valence-corrected chi connectivity index (χ2v) is 7.76. The highest BCUT2D eigenvalue weighted by Gasteiger charge is 2.18. The van der Waals surface area contributed by atoms with E-state index in [2.05, 4.69) is 29.7 Å². The van der Waals surface area contributed by atoms with Gasteiger partial charge in [-0.05, 0) is 12.1 Å². The van der Waals surface area contributed by atoms with Crippen molar-refractivity contribution in [1.29, 1.82) is 0 Å². The predicted molar refractivity (Wildman–Crippen MR) is 97.8 cm³/mol. The maximum atomic E-state index is 12.3. The summed E-state index contributed by atoms with van der Waals surface area (Å²) < 4.78 is 34.1. The second-order valence-electron chi connectivity index (χ2n) is 5.99. The summed E-state index contributed by atoms with van der Waals surface area (Å²) in [7, 11) is -3.60. The van der Waals surface area contributed by atoms with E-state index in [1.165, 1.54) is 24.8 Å². The van der Waals surface area contributed by atoms with Gasteiger partial charge in [0.05, 0.1) is 31.3 Å². The van der Waals surface area contributed by atoms with Crippen LogP contribution in [0.1, 0.15) is 0 Å². The van der Waals surface area contributed by atoms with Gasteiger partial charge in [-0.15, -0.1) is 0 Å². The molecule has 0 atom stereocenters. The SMILES string of the molecule is O=S(=O)(NCCn1ncc2c(N3CCOCC3)ncnc21)c1cccnc1. The standard InChI is InChI=1S/C16H19N7O3S/c24-27(25,13-2-1-3-17-10-13)21-4-5-23-16-14(11-20-23)15(18-12-19-16)22-6-8-26-9-7-22/h1-3,10-12,21H,4-9H2. The Bertz CT molecular complexity index is 1020. The quantitative estimate of drug-likeness (QED) is 0.628. The van der Waals surface area contributed by atoms with Crippen LogP contribution in [0.3, 0.4) is 0 Å². The van der Waals surface area contributed by atoms with E-state index in [4.69, 9.17) is 4.74 Å². The van der Waals surface area contributed by atoms with E-state index in [9.17, 15) is 8.42 Å². The van der Waals surface area contributed by atoms with Crippen LogP contribution in [0, 0.1) is 0 Å². The third-order valence-electron chi connectivity index (χ3n) is 4.28. The molecule has 0 unspecified atom stereocenters. The number of hydrogen-bond donors (Lipinski definition) is 1. The van der Waals surface area contributed by atoms with Crippen molar-refractivity contribution < 1.29 is 13.2 Å². The molecule has 0 amide bonds. The fourth-order valence-corrected chi connectivity index (χ4v) is 3.93. The summed E-state index contributed by atoms with van der Waals surface area (Å²) in [5, 5.41) is 5.19. The van der Waals surface area contributed by atoms with Gasteiger partial charge in [-0.1, -0.05) is 0 Å². The highest BCUT2D eigenvalue weighted by Crippen LogP contribution is 2.23. The zero-order chi connectivity index (χ0) is 18.7. The Hall–Kier alpha value is -2.63. The van der Waals surface area contributed by atoms with Crippen molar-refractivity contribution in [1.82, 2.24) is 29.5 Å². The minimum atomic E-state index is -3.60. The van der Waals surface area contributed by atoms with Crippen LogP contribution >= 0.6 is 0 Å². The molecule has 1 N–H and O–H groups in total. The van der Waals surface area contributed by atoms with Crippen molar-refractivity contribution in [2.45, 2.75) is 11.4 Å². The number of rotatable bonds is 6. The van der Waals surface area contributed by atoms with Crippen LogP contribution in [0.15, 0.2) is 41.9 Å². The normalized spacial score (nSPS) is 15.3. The summed E-state index contributed by atoms with van der Waals surface area (Å²) in [6.45, 7) is 3.39. The highest BCUT2D eigenvalue weighted by molar-refractivity contribution is 7.89. The number of morpholine rings is 1. The van der Waals surface area contributed by atoms with E-state index in [1.54, 1.807) is 16.9 Å². The Morgan fingerprint density at radius 3 is 2.81 bits per heavy atom. The number of hydrogen-bond acceptors (Lipinski definition) is 8. The Morgan fingerprint density at radius 2 is 2.04 bits per heavy atom. The van der Waals surface area contributed by atoms with Crippen LogP contribution in [0.5, 0.6) is 0 Å². The summed E-state index contributed by atoms with van der Waals surface area (Å²) >= 11 is 0. The first kappa shape index (κ1) is 17.8. The summed E-state index contributed by atoms with van der Waals surface area (Å²) in [6.07, 6.45) is 6.06. The Morgan fingerprint density at radius 1 is 1.19 bits per heavy atom. The number of ether oxygens (including phenoxy) is 1. The maximum absolute atomic E-state index is 12.3. The van der Waals surface area contributed by atoms with Gasteiger partial charge in [-0.2, -0.15) is 5.10 Å². The van der Waals surface area contributed by atoms with E-state index in [0.29, 0.717) is 25.4 Å². The van der Waals surface area contributed by atoms with Gasteiger partial charge in [0.2, 0.25) is 10.0 Å². The average Bonchev–Trinajstić information content (AvgIpc) is 3.12. The van der Waals surface area contributed by atoms with Crippen molar-refractivity contribution >= 4 is 26.9 Å². The van der Waals surface area contributed by atoms with Crippen LogP contribution < -0.4 is 9.62 Å². The number of fused-ring (bicyclic) bond motifs is 1. The molecule has 3 aromatic rings. The molecule has 4 rings (SSSR count). The van der Waals surface area contributed by atoms with E-state index < -0.39 is 10.0 Å². The molecule has 1 fully saturated rings. The molecule has 11 heteroatoms. The van der Waals surface area contributed by atoms with Crippen molar-refractivity contribution in [3.63, 3.8) is 0 Å². The van der Waals surface area contributed by atoms with Gasteiger partial charge < -0.3 is 9.64 Å². The van der Waals surface area contributed by atoms with Crippen LogP contribution in [-0.2, 0) is 21.3 Å². The largest absolute Gasteiger partial charge is 0.378 e. The molecule has 142 valence electrons. The maximum Gasteiger partial charge on any atom is 0.242 e. The molecule has 0 radical (unpaired) electrons.